The maximum absolute atomic E-state index is 12.7. The van der Waals surface area contributed by atoms with E-state index in [9.17, 15) is 18.0 Å². The van der Waals surface area contributed by atoms with E-state index in [1.807, 2.05) is 12.2 Å². The van der Waals surface area contributed by atoms with E-state index in [4.69, 9.17) is 0 Å². The minimum absolute atomic E-state index is 0.0471. The fourth-order valence-corrected chi connectivity index (χ4v) is 2.36. The number of allylic oxidation sites excluding steroid dienone is 2. The summed E-state index contributed by atoms with van der Waals surface area (Å²) in [7, 11) is 0. The molecule has 0 unspecified atom stereocenters. The van der Waals surface area contributed by atoms with E-state index in [1.54, 1.807) is 0 Å². The van der Waals surface area contributed by atoms with Gasteiger partial charge in [0.15, 0.2) is 0 Å². The van der Waals surface area contributed by atoms with Crippen molar-refractivity contribution in [2.75, 3.05) is 6.54 Å². The summed E-state index contributed by atoms with van der Waals surface area (Å²) < 4.78 is 38.0. The lowest BCUT2D eigenvalue weighted by Crippen LogP contribution is -2.33. The highest BCUT2D eigenvalue weighted by Crippen LogP contribution is 2.27. The molecule has 0 saturated heterocycles. The third kappa shape index (κ3) is 4.54. The number of carbonyl (C=O) groups excluding carboxylic acids is 1. The van der Waals surface area contributed by atoms with Gasteiger partial charge in [-0.3, -0.25) is 4.79 Å². The Morgan fingerprint density at radius 2 is 2.14 bits per heavy atom. The molecule has 1 heterocycles. The molecule has 1 aliphatic carbocycles. The van der Waals surface area contributed by atoms with Gasteiger partial charge in [-0.25, -0.2) is 9.97 Å². The first-order chi connectivity index (χ1) is 10.4. The molecule has 0 aromatic carbocycles. The van der Waals surface area contributed by atoms with E-state index in [1.165, 1.54) is 6.92 Å². The van der Waals surface area contributed by atoms with Gasteiger partial charge in [0.2, 0.25) is 5.91 Å². The highest BCUT2D eigenvalue weighted by molar-refractivity contribution is 5.78. The van der Waals surface area contributed by atoms with E-state index in [0.717, 1.165) is 18.9 Å². The molecule has 1 atom stereocenters. The number of nitrogens with one attached hydrogen (secondary N) is 1. The largest absolute Gasteiger partial charge is 0.433 e. The van der Waals surface area contributed by atoms with Crippen molar-refractivity contribution in [3.63, 3.8) is 0 Å². The van der Waals surface area contributed by atoms with Crippen LogP contribution in [0.3, 0.4) is 0 Å². The quantitative estimate of drug-likeness (QED) is 0.870. The van der Waals surface area contributed by atoms with E-state index >= 15 is 0 Å². The van der Waals surface area contributed by atoms with Crippen molar-refractivity contribution in [1.82, 2.24) is 15.3 Å². The zero-order chi connectivity index (χ0) is 16.2. The maximum Gasteiger partial charge on any atom is 0.433 e. The highest BCUT2D eigenvalue weighted by atomic mass is 19.4. The van der Waals surface area contributed by atoms with Crippen LogP contribution in [0.1, 0.15) is 36.5 Å². The zero-order valence-corrected chi connectivity index (χ0v) is 12.3. The average Bonchev–Trinajstić information content (AvgIpc) is 2.46. The second kappa shape index (κ2) is 6.89. The minimum Gasteiger partial charge on any atom is -0.355 e. The fraction of sp³-hybridized carbons (Fsp3) is 0.533. The van der Waals surface area contributed by atoms with E-state index < -0.39 is 11.9 Å². The topological polar surface area (TPSA) is 54.9 Å². The molecule has 1 N–H and O–H groups in total. The third-order valence-electron chi connectivity index (χ3n) is 3.48. The van der Waals surface area contributed by atoms with Crippen LogP contribution in [0.2, 0.25) is 0 Å². The molecule has 0 fully saturated rings. The van der Waals surface area contributed by atoms with Crippen LogP contribution >= 0.6 is 0 Å². The number of rotatable bonds is 4. The lowest BCUT2D eigenvalue weighted by Gasteiger charge is -2.17. The summed E-state index contributed by atoms with van der Waals surface area (Å²) in [5.74, 6) is -0.0154. The Morgan fingerprint density at radius 3 is 2.77 bits per heavy atom. The molecule has 1 amide bonds. The molecule has 0 radical (unpaired) electrons. The first-order valence-electron chi connectivity index (χ1n) is 7.20. The number of aromatic nitrogens is 2. The molecule has 1 aliphatic rings. The van der Waals surface area contributed by atoms with E-state index in [0.29, 0.717) is 6.42 Å². The van der Waals surface area contributed by atoms with Crippen molar-refractivity contribution in [3.8, 4) is 0 Å². The number of amides is 1. The first-order valence-corrected chi connectivity index (χ1v) is 7.20. The summed E-state index contributed by atoms with van der Waals surface area (Å²) in [4.78, 5) is 19.4. The number of nitrogens with zero attached hydrogens (tertiary/aromatic N) is 2. The van der Waals surface area contributed by atoms with E-state index in [2.05, 4.69) is 15.3 Å². The van der Waals surface area contributed by atoms with Crippen LogP contribution in [-0.4, -0.2) is 22.4 Å². The first kappa shape index (κ1) is 16.5. The molecular formula is C15H18F3N3O. The molecule has 2 rings (SSSR count). The van der Waals surface area contributed by atoms with Gasteiger partial charge >= 0.3 is 6.18 Å². The van der Waals surface area contributed by atoms with Crippen LogP contribution in [0, 0.1) is 12.8 Å². The summed E-state index contributed by atoms with van der Waals surface area (Å²) in [5, 5.41) is 2.74. The van der Waals surface area contributed by atoms with Crippen molar-refractivity contribution in [3.05, 3.63) is 35.4 Å². The SMILES string of the molecule is Cc1cc(C(F)(F)F)nc(CCNC(=O)[C@H]2CC=CCC2)n1. The summed E-state index contributed by atoms with van der Waals surface area (Å²) in [6.07, 6.45) is 2.12. The Bertz CT molecular complexity index is 570. The molecule has 0 aliphatic heterocycles. The Kier molecular flexibility index (Phi) is 5.15. The summed E-state index contributed by atoms with van der Waals surface area (Å²) in [6, 6.07) is 0.913. The van der Waals surface area contributed by atoms with Gasteiger partial charge in [0, 0.05) is 24.6 Å². The molecule has 22 heavy (non-hydrogen) atoms. The molecular weight excluding hydrogens is 295 g/mol. The van der Waals surface area contributed by atoms with Gasteiger partial charge < -0.3 is 5.32 Å². The smallest absolute Gasteiger partial charge is 0.355 e. The van der Waals surface area contributed by atoms with Gasteiger partial charge in [-0.15, -0.1) is 0 Å². The molecule has 0 saturated carbocycles. The number of carbonyl (C=O) groups is 1. The Labute approximate surface area is 126 Å². The Morgan fingerprint density at radius 1 is 1.36 bits per heavy atom. The summed E-state index contributed by atoms with van der Waals surface area (Å²) in [6.45, 7) is 1.73. The van der Waals surface area contributed by atoms with Crippen molar-refractivity contribution < 1.29 is 18.0 Å². The average molecular weight is 313 g/mol. The Hall–Kier alpha value is -1.92. The van der Waals surface area contributed by atoms with Gasteiger partial charge in [-0.1, -0.05) is 12.2 Å². The fourth-order valence-electron chi connectivity index (χ4n) is 2.36. The lowest BCUT2D eigenvalue weighted by molar-refractivity contribution is -0.141. The van der Waals surface area contributed by atoms with Gasteiger partial charge in [-0.05, 0) is 32.3 Å². The zero-order valence-electron chi connectivity index (χ0n) is 12.3. The van der Waals surface area contributed by atoms with Crippen LogP contribution in [0.4, 0.5) is 13.2 Å². The van der Waals surface area contributed by atoms with Crippen LogP contribution in [0.15, 0.2) is 18.2 Å². The molecule has 1 aromatic rings. The lowest BCUT2D eigenvalue weighted by atomic mass is 9.94. The molecule has 1 aromatic heterocycles. The molecule has 7 heteroatoms. The van der Waals surface area contributed by atoms with Gasteiger partial charge in [0.25, 0.3) is 0 Å². The maximum atomic E-state index is 12.7. The highest BCUT2D eigenvalue weighted by Gasteiger charge is 2.33. The molecule has 4 nitrogen and oxygen atoms in total. The van der Waals surface area contributed by atoms with Gasteiger partial charge in [0.1, 0.15) is 11.5 Å². The van der Waals surface area contributed by atoms with E-state index in [-0.39, 0.29) is 36.3 Å². The number of hydrogen-bond acceptors (Lipinski definition) is 3. The van der Waals surface area contributed by atoms with Crippen LogP contribution in [-0.2, 0) is 17.4 Å². The van der Waals surface area contributed by atoms with Crippen molar-refractivity contribution in [2.24, 2.45) is 5.92 Å². The molecule has 0 bridgehead atoms. The van der Waals surface area contributed by atoms with Gasteiger partial charge in [-0.2, -0.15) is 13.2 Å². The molecule has 120 valence electrons. The van der Waals surface area contributed by atoms with Crippen molar-refractivity contribution in [1.29, 1.82) is 0 Å². The number of hydrogen-bond donors (Lipinski definition) is 1. The number of aryl methyl sites for hydroxylation is 1. The molecule has 0 spiro atoms. The second-order valence-corrected chi connectivity index (χ2v) is 5.33. The van der Waals surface area contributed by atoms with Crippen LogP contribution < -0.4 is 5.32 Å². The third-order valence-corrected chi connectivity index (χ3v) is 3.48. The predicted molar refractivity (Wildman–Crippen MR) is 75.0 cm³/mol. The number of alkyl halides is 3. The van der Waals surface area contributed by atoms with Crippen LogP contribution in [0.5, 0.6) is 0 Å². The van der Waals surface area contributed by atoms with Crippen molar-refractivity contribution >= 4 is 5.91 Å². The Balaban J connectivity index is 1.90. The monoisotopic (exact) mass is 313 g/mol. The van der Waals surface area contributed by atoms with Crippen molar-refractivity contribution in [2.45, 2.75) is 38.8 Å². The number of halogens is 3. The van der Waals surface area contributed by atoms with Crippen LogP contribution in [0.25, 0.3) is 0 Å². The summed E-state index contributed by atoms with van der Waals surface area (Å²) >= 11 is 0. The summed E-state index contributed by atoms with van der Waals surface area (Å²) in [5.41, 5.74) is -0.681. The minimum atomic E-state index is -4.49. The second-order valence-electron chi connectivity index (χ2n) is 5.33. The normalized spacial score (nSPS) is 18.3. The standard InChI is InChI=1S/C15H18F3N3O/c1-10-9-12(15(16,17)18)21-13(20-10)7-8-19-14(22)11-5-3-2-4-6-11/h2-3,9,11H,4-8H2,1H3,(H,19,22)/t11-/m0/s1. The van der Waals surface area contributed by atoms with Gasteiger partial charge in [0.05, 0.1) is 0 Å². The predicted octanol–water partition coefficient (Wildman–Crippen LogP) is 2.82.